The van der Waals surface area contributed by atoms with Gasteiger partial charge >= 0.3 is 0 Å². The normalized spacial score (nSPS) is 20.2. The first-order valence-electron chi connectivity index (χ1n) is 4.36. The summed E-state index contributed by atoms with van der Waals surface area (Å²) in [4.78, 5) is 11.5. The van der Waals surface area contributed by atoms with Crippen LogP contribution in [0.3, 0.4) is 0 Å². The van der Waals surface area contributed by atoms with E-state index in [1.54, 1.807) is 0 Å². The Morgan fingerprint density at radius 1 is 1.57 bits per heavy atom. The summed E-state index contributed by atoms with van der Waals surface area (Å²) in [5.41, 5.74) is 1.09. The van der Waals surface area contributed by atoms with Gasteiger partial charge in [-0.15, -0.1) is 0 Å². The van der Waals surface area contributed by atoms with Crippen molar-refractivity contribution in [2.24, 2.45) is 0 Å². The van der Waals surface area contributed by atoms with Crippen molar-refractivity contribution >= 4 is 17.5 Å². The van der Waals surface area contributed by atoms with Gasteiger partial charge < -0.3 is 5.32 Å². The summed E-state index contributed by atoms with van der Waals surface area (Å²) in [5, 5.41) is 3.06. The van der Waals surface area contributed by atoms with Gasteiger partial charge in [0, 0.05) is 16.6 Å². The molecule has 2 nitrogen and oxygen atoms in total. The quantitative estimate of drug-likeness (QED) is 0.703. The van der Waals surface area contributed by atoms with Crippen LogP contribution in [0, 0.1) is 5.82 Å². The van der Waals surface area contributed by atoms with Crippen molar-refractivity contribution in [3.05, 3.63) is 34.1 Å². The molecule has 1 aromatic carbocycles. The van der Waals surface area contributed by atoms with Crippen molar-refractivity contribution in [2.75, 3.05) is 0 Å². The summed E-state index contributed by atoms with van der Waals surface area (Å²) in [5.74, 6) is -0.724. The summed E-state index contributed by atoms with van der Waals surface area (Å²) < 4.78 is 13.0. The van der Waals surface area contributed by atoms with Crippen LogP contribution in [-0.4, -0.2) is 11.9 Å². The average Bonchev–Trinajstić information content (AvgIpc) is 2.07. The summed E-state index contributed by atoms with van der Waals surface area (Å²) >= 11 is 5.86. The van der Waals surface area contributed by atoms with Crippen molar-refractivity contribution in [1.29, 1.82) is 0 Å². The molecule has 0 aromatic heterocycles. The highest BCUT2D eigenvalue weighted by Gasteiger charge is 2.24. The SMILES string of the molecule is CC1Cc2c(Cl)cc(F)cc2C(=O)N1. The molecule has 4 heteroatoms. The van der Waals surface area contributed by atoms with Gasteiger partial charge in [0.1, 0.15) is 5.82 Å². The Bertz CT molecular complexity index is 405. The molecule has 0 saturated carbocycles. The molecule has 1 N–H and O–H groups in total. The Balaban J connectivity index is 2.59. The van der Waals surface area contributed by atoms with Gasteiger partial charge in [-0.3, -0.25) is 4.79 Å². The van der Waals surface area contributed by atoms with Gasteiger partial charge in [0.15, 0.2) is 0 Å². The molecule has 0 radical (unpaired) electrons. The van der Waals surface area contributed by atoms with E-state index in [-0.39, 0.29) is 11.9 Å². The van der Waals surface area contributed by atoms with Crippen molar-refractivity contribution in [2.45, 2.75) is 19.4 Å². The smallest absolute Gasteiger partial charge is 0.251 e. The van der Waals surface area contributed by atoms with E-state index in [2.05, 4.69) is 5.32 Å². The number of rotatable bonds is 0. The van der Waals surface area contributed by atoms with Crippen molar-refractivity contribution < 1.29 is 9.18 Å². The van der Waals surface area contributed by atoms with Crippen LogP contribution in [0.1, 0.15) is 22.8 Å². The number of fused-ring (bicyclic) bond motifs is 1. The third-order valence-corrected chi connectivity index (χ3v) is 2.63. The number of nitrogens with one attached hydrogen (secondary N) is 1. The van der Waals surface area contributed by atoms with E-state index in [1.165, 1.54) is 12.1 Å². The Morgan fingerprint density at radius 3 is 3.00 bits per heavy atom. The molecule has 0 fully saturated rings. The summed E-state index contributed by atoms with van der Waals surface area (Å²) in [6.07, 6.45) is 0.653. The lowest BCUT2D eigenvalue weighted by atomic mass is 9.96. The molecule has 0 bridgehead atoms. The van der Waals surface area contributed by atoms with Gasteiger partial charge in [0.2, 0.25) is 0 Å². The van der Waals surface area contributed by atoms with Crippen LogP contribution in [0.2, 0.25) is 5.02 Å². The summed E-state index contributed by atoms with van der Waals surface area (Å²) in [6, 6.07) is 2.52. The maximum Gasteiger partial charge on any atom is 0.251 e. The third-order valence-electron chi connectivity index (χ3n) is 2.29. The van der Waals surface area contributed by atoms with Crippen LogP contribution in [0.5, 0.6) is 0 Å². The zero-order valence-electron chi connectivity index (χ0n) is 7.60. The van der Waals surface area contributed by atoms with Crippen molar-refractivity contribution in [3.63, 3.8) is 0 Å². The molecule has 1 aliphatic heterocycles. The highest BCUT2D eigenvalue weighted by Crippen LogP contribution is 2.26. The van der Waals surface area contributed by atoms with E-state index in [0.29, 0.717) is 17.0 Å². The lowest BCUT2D eigenvalue weighted by Crippen LogP contribution is -2.39. The number of hydrogen-bond donors (Lipinski definition) is 1. The first-order chi connectivity index (χ1) is 6.58. The minimum absolute atomic E-state index is 0.0537. The molecule has 0 spiro atoms. The predicted molar refractivity (Wildman–Crippen MR) is 52.0 cm³/mol. The molecule has 1 unspecified atom stereocenters. The van der Waals surface area contributed by atoms with Gasteiger partial charge in [-0.1, -0.05) is 11.6 Å². The highest BCUT2D eigenvalue weighted by molar-refractivity contribution is 6.32. The van der Waals surface area contributed by atoms with E-state index in [0.717, 1.165) is 5.56 Å². The van der Waals surface area contributed by atoms with Gasteiger partial charge in [-0.05, 0) is 31.0 Å². The summed E-state index contributed by atoms with van der Waals surface area (Å²) in [7, 11) is 0. The minimum Gasteiger partial charge on any atom is -0.349 e. The van der Waals surface area contributed by atoms with E-state index in [9.17, 15) is 9.18 Å². The number of carbonyl (C=O) groups is 1. The topological polar surface area (TPSA) is 29.1 Å². The molecule has 1 aromatic rings. The maximum absolute atomic E-state index is 13.0. The largest absolute Gasteiger partial charge is 0.349 e. The van der Waals surface area contributed by atoms with Crippen LogP contribution in [0.4, 0.5) is 4.39 Å². The highest BCUT2D eigenvalue weighted by atomic mass is 35.5. The van der Waals surface area contributed by atoms with E-state index >= 15 is 0 Å². The Labute approximate surface area is 86.1 Å². The zero-order chi connectivity index (χ0) is 10.3. The molecular formula is C10H9ClFNO. The Morgan fingerprint density at radius 2 is 2.29 bits per heavy atom. The second-order valence-electron chi connectivity index (χ2n) is 3.49. The third kappa shape index (κ3) is 1.48. The van der Waals surface area contributed by atoms with Crippen LogP contribution < -0.4 is 5.32 Å². The molecular weight excluding hydrogens is 205 g/mol. The molecule has 0 saturated heterocycles. The number of carbonyl (C=O) groups excluding carboxylic acids is 1. The lowest BCUT2D eigenvalue weighted by molar-refractivity contribution is 0.0928. The van der Waals surface area contributed by atoms with Crippen LogP contribution in [0.15, 0.2) is 12.1 Å². The van der Waals surface area contributed by atoms with Gasteiger partial charge in [0.25, 0.3) is 5.91 Å². The Kier molecular flexibility index (Phi) is 2.19. The fraction of sp³-hybridized carbons (Fsp3) is 0.300. The predicted octanol–water partition coefficient (Wildman–Crippen LogP) is 2.15. The molecule has 14 heavy (non-hydrogen) atoms. The fourth-order valence-electron chi connectivity index (χ4n) is 1.67. The number of amides is 1. The van der Waals surface area contributed by atoms with Crippen molar-refractivity contribution in [1.82, 2.24) is 5.32 Å². The van der Waals surface area contributed by atoms with E-state index in [1.807, 2.05) is 6.92 Å². The van der Waals surface area contributed by atoms with Gasteiger partial charge in [-0.2, -0.15) is 0 Å². The second kappa shape index (κ2) is 3.24. The molecule has 2 rings (SSSR count). The standard InChI is InChI=1S/C10H9ClFNO/c1-5-2-7-8(10(14)13-5)3-6(12)4-9(7)11/h3-5H,2H2,1H3,(H,13,14). The molecule has 74 valence electrons. The molecule has 1 aliphatic rings. The zero-order valence-corrected chi connectivity index (χ0v) is 8.36. The van der Waals surface area contributed by atoms with Gasteiger partial charge in [0.05, 0.1) is 0 Å². The monoisotopic (exact) mass is 213 g/mol. The van der Waals surface area contributed by atoms with Crippen LogP contribution >= 0.6 is 11.6 Å². The molecule has 1 heterocycles. The Hall–Kier alpha value is -1.09. The first-order valence-corrected chi connectivity index (χ1v) is 4.74. The van der Waals surface area contributed by atoms with Gasteiger partial charge in [-0.25, -0.2) is 4.39 Å². The van der Waals surface area contributed by atoms with E-state index < -0.39 is 5.82 Å². The molecule has 0 aliphatic carbocycles. The summed E-state index contributed by atoms with van der Waals surface area (Å²) in [6.45, 7) is 1.89. The number of halogens is 2. The fourth-order valence-corrected chi connectivity index (χ4v) is 1.96. The van der Waals surface area contributed by atoms with Crippen LogP contribution in [-0.2, 0) is 6.42 Å². The number of hydrogen-bond acceptors (Lipinski definition) is 1. The second-order valence-corrected chi connectivity index (χ2v) is 3.90. The number of benzene rings is 1. The molecule has 1 amide bonds. The first kappa shape index (κ1) is 9.46. The maximum atomic E-state index is 13.0. The minimum atomic E-state index is -0.474. The van der Waals surface area contributed by atoms with E-state index in [4.69, 9.17) is 11.6 Å². The van der Waals surface area contributed by atoms with Crippen LogP contribution in [0.25, 0.3) is 0 Å². The average molecular weight is 214 g/mol. The molecule has 1 atom stereocenters. The lowest BCUT2D eigenvalue weighted by Gasteiger charge is -2.23. The van der Waals surface area contributed by atoms with Crippen molar-refractivity contribution in [3.8, 4) is 0 Å².